The average molecular weight is 644 g/mol. The molecule has 0 saturated carbocycles. The molecule has 250 valence electrons. The molecule has 44 heavy (non-hydrogen) atoms. The molecule has 0 aliphatic carbocycles. The van der Waals surface area contributed by atoms with Crippen molar-refractivity contribution < 1.29 is 38.0 Å². The maximum atomic E-state index is 14.1. The first-order chi connectivity index (χ1) is 20.9. The highest BCUT2D eigenvalue weighted by molar-refractivity contribution is 7.54. The van der Waals surface area contributed by atoms with Crippen LogP contribution < -0.4 is 21.6 Å². The number of unbranched alkanes of at least 4 members (excludes halogenated alkanes) is 6. The van der Waals surface area contributed by atoms with Crippen LogP contribution in [0.1, 0.15) is 91.7 Å². The van der Waals surface area contributed by atoms with Gasteiger partial charge in [-0.05, 0) is 32.8 Å². The van der Waals surface area contributed by atoms with Gasteiger partial charge in [0, 0.05) is 12.6 Å². The number of hydrogen-bond acceptors (Lipinski definition) is 11. The highest BCUT2D eigenvalue weighted by Crippen LogP contribution is 2.44. The van der Waals surface area contributed by atoms with Crippen molar-refractivity contribution in [3.63, 3.8) is 0 Å². The number of hydrogen-bond donors (Lipinski definition) is 4. The van der Waals surface area contributed by atoms with Gasteiger partial charge in [0.2, 0.25) is 0 Å². The molecule has 0 bridgehead atoms. The highest BCUT2D eigenvalue weighted by atomic mass is 31.2. The molecule has 5 atom stereocenters. The van der Waals surface area contributed by atoms with Crippen LogP contribution >= 0.6 is 7.67 Å². The third-order valence-electron chi connectivity index (χ3n) is 7.15. The van der Waals surface area contributed by atoms with Crippen LogP contribution in [0.3, 0.4) is 0 Å². The number of nitrogens with zero attached hydrogens (tertiary/aromatic N) is 2. The molecule has 15 heteroatoms. The van der Waals surface area contributed by atoms with Crippen LogP contribution in [-0.4, -0.2) is 70.2 Å². The van der Waals surface area contributed by atoms with Gasteiger partial charge in [-0.15, -0.1) is 6.58 Å². The minimum atomic E-state index is -4.18. The zero-order valence-corrected chi connectivity index (χ0v) is 27.3. The van der Waals surface area contributed by atoms with Crippen LogP contribution in [0, 0.1) is 0 Å². The molecular formula is C29H50N5O9P. The van der Waals surface area contributed by atoms with Gasteiger partial charge >= 0.3 is 25.3 Å². The topological polar surface area (TPSA) is 193 Å². The van der Waals surface area contributed by atoms with Gasteiger partial charge < -0.3 is 29.6 Å². The minimum absolute atomic E-state index is 0.0114. The molecule has 2 heterocycles. The van der Waals surface area contributed by atoms with Crippen molar-refractivity contribution >= 4 is 25.4 Å². The van der Waals surface area contributed by atoms with Crippen molar-refractivity contribution in [3.8, 4) is 0 Å². The molecule has 5 N–H and O–H groups in total. The molecule has 1 aromatic heterocycles. The number of nitrogen functional groups attached to an aromatic ring is 1. The Balaban J connectivity index is 2.16. The number of ether oxygens (including phenoxy) is 3. The van der Waals surface area contributed by atoms with E-state index in [0.717, 1.165) is 43.1 Å². The van der Waals surface area contributed by atoms with E-state index in [1.165, 1.54) is 32.2 Å². The van der Waals surface area contributed by atoms with Crippen LogP contribution in [-0.2, 0) is 32.9 Å². The summed E-state index contributed by atoms with van der Waals surface area (Å²) >= 11 is 0. The first-order valence-corrected chi connectivity index (χ1v) is 17.0. The summed E-state index contributed by atoms with van der Waals surface area (Å²) in [5, 5.41) is 16.1. The van der Waals surface area contributed by atoms with Gasteiger partial charge in [0.1, 0.15) is 29.6 Å². The molecule has 1 aromatic rings. The summed E-state index contributed by atoms with van der Waals surface area (Å²) in [7, 11) is -4.18. The van der Waals surface area contributed by atoms with Crippen molar-refractivity contribution in [2.45, 2.75) is 115 Å². The summed E-state index contributed by atoms with van der Waals surface area (Å²) < 4.78 is 37.7. The van der Waals surface area contributed by atoms with Crippen LogP contribution in [0.25, 0.3) is 0 Å². The van der Waals surface area contributed by atoms with Gasteiger partial charge in [0.15, 0.2) is 6.23 Å². The fourth-order valence-electron chi connectivity index (χ4n) is 4.55. The van der Waals surface area contributed by atoms with E-state index >= 15 is 0 Å². The fourth-order valence-corrected chi connectivity index (χ4v) is 6.40. The quantitative estimate of drug-likeness (QED) is 0.0660. The van der Waals surface area contributed by atoms with Gasteiger partial charge in [-0.25, -0.2) is 15.0 Å². The van der Waals surface area contributed by atoms with Crippen LogP contribution in [0.2, 0.25) is 0 Å². The van der Waals surface area contributed by atoms with E-state index in [4.69, 9.17) is 24.5 Å². The van der Waals surface area contributed by atoms with Gasteiger partial charge in [-0.3, -0.25) is 18.7 Å². The number of aromatic nitrogens is 2. The maximum absolute atomic E-state index is 14.1. The second kappa shape index (κ2) is 18.4. The molecule has 0 aromatic carbocycles. The van der Waals surface area contributed by atoms with E-state index in [0.29, 0.717) is 12.8 Å². The molecule has 1 aliphatic heterocycles. The van der Waals surface area contributed by atoms with Crippen LogP contribution in [0.5, 0.6) is 0 Å². The number of carbonyl (C=O) groups is 2. The number of carbonyl (C=O) groups excluding carboxylic acids is 2. The molecule has 0 unspecified atom stereocenters. The van der Waals surface area contributed by atoms with Gasteiger partial charge in [-0.2, -0.15) is 4.98 Å². The lowest BCUT2D eigenvalue weighted by Gasteiger charge is -2.30. The molecule has 1 aliphatic rings. The normalized spacial score (nSPS) is 21.5. The lowest BCUT2D eigenvalue weighted by molar-refractivity contribution is -0.145. The SMILES string of the molecule is C=C[C@@]1(COP(=O)(N[C@@H](C)C(=O)OCCCCCC)N[C@@H](C)C(=O)OCCCCCC)C[C@@H](O)[C@H](n2ccc(N)nc2=O)O1. The number of nitrogens with one attached hydrogen (secondary N) is 2. The van der Waals surface area contributed by atoms with Gasteiger partial charge in [-0.1, -0.05) is 58.4 Å². The summed E-state index contributed by atoms with van der Waals surface area (Å²) in [6.07, 6.45) is 7.70. The second-order valence-electron chi connectivity index (χ2n) is 11.1. The standard InChI is InChI=1S/C29H50N5O9P/c1-6-9-11-13-17-40-26(36)21(4)32-44(39,33-22(5)27(37)41-18-14-12-10-7-2)42-20-29(8-3)19-23(35)25(43-29)34-16-15-24(30)31-28(34)38/h8,15-16,21-23,25,35H,3,6-7,9-14,17-20H2,1-2,4-5H3,(H2,30,31,38)(H2,32,33,39)/t21-,22-,23+,25+,29-/m0/s1. The van der Waals surface area contributed by atoms with Crippen molar-refractivity contribution in [1.29, 1.82) is 0 Å². The average Bonchev–Trinajstić information content (AvgIpc) is 3.32. The van der Waals surface area contributed by atoms with E-state index in [1.54, 1.807) is 0 Å². The number of anilines is 1. The monoisotopic (exact) mass is 643 g/mol. The third kappa shape index (κ3) is 11.7. The molecule has 2 rings (SSSR count). The molecule has 1 fully saturated rings. The number of rotatable bonds is 21. The second-order valence-corrected chi connectivity index (χ2v) is 13.0. The lowest BCUT2D eigenvalue weighted by atomic mass is 10.0. The van der Waals surface area contributed by atoms with Crippen molar-refractivity contribution in [2.24, 2.45) is 0 Å². The third-order valence-corrected chi connectivity index (χ3v) is 9.09. The summed E-state index contributed by atoms with van der Waals surface area (Å²) in [6.45, 7) is 10.9. The van der Waals surface area contributed by atoms with Crippen molar-refractivity contribution in [3.05, 3.63) is 35.4 Å². The number of esters is 2. The van der Waals surface area contributed by atoms with Gasteiger partial charge in [0.05, 0.1) is 19.8 Å². The Morgan fingerprint density at radius 3 is 2.16 bits per heavy atom. The first-order valence-electron chi connectivity index (χ1n) is 15.4. The smallest absolute Gasteiger partial charge is 0.351 e. The lowest BCUT2D eigenvalue weighted by Crippen LogP contribution is -2.44. The summed E-state index contributed by atoms with van der Waals surface area (Å²) in [5.74, 6) is -1.27. The predicted molar refractivity (Wildman–Crippen MR) is 166 cm³/mol. The van der Waals surface area contributed by atoms with Crippen LogP contribution in [0.15, 0.2) is 29.7 Å². The van der Waals surface area contributed by atoms with E-state index in [1.807, 2.05) is 0 Å². The Bertz CT molecular complexity index is 1140. The molecule has 0 radical (unpaired) electrons. The zero-order chi connectivity index (χ0) is 32.8. The first kappa shape index (κ1) is 37.6. The zero-order valence-electron chi connectivity index (χ0n) is 26.4. The van der Waals surface area contributed by atoms with E-state index in [9.17, 15) is 24.1 Å². The molecule has 0 amide bonds. The molecular weight excluding hydrogens is 593 g/mol. The Kier molecular flexibility index (Phi) is 15.7. The predicted octanol–water partition coefficient (Wildman–Crippen LogP) is 3.36. The minimum Gasteiger partial charge on any atom is -0.465 e. The molecule has 1 saturated heterocycles. The fraction of sp³-hybridized carbons (Fsp3) is 0.724. The summed E-state index contributed by atoms with van der Waals surface area (Å²) in [5.41, 5.74) is 3.45. The number of nitrogens with two attached hydrogens (primary N) is 1. The summed E-state index contributed by atoms with van der Waals surface area (Å²) in [6, 6.07) is -0.754. The van der Waals surface area contributed by atoms with E-state index < -0.39 is 61.9 Å². The van der Waals surface area contributed by atoms with Crippen LogP contribution in [0.4, 0.5) is 5.82 Å². The Morgan fingerprint density at radius 2 is 1.68 bits per heavy atom. The van der Waals surface area contributed by atoms with Crippen molar-refractivity contribution in [1.82, 2.24) is 19.7 Å². The Labute approximate surface area is 259 Å². The highest BCUT2D eigenvalue weighted by Gasteiger charge is 2.47. The molecule has 14 nitrogen and oxygen atoms in total. The Morgan fingerprint density at radius 1 is 1.14 bits per heavy atom. The Hall–Kier alpha value is -2.61. The maximum Gasteiger partial charge on any atom is 0.351 e. The number of aliphatic hydroxyl groups excluding tert-OH is 1. The van der Waals surface area contributed by atoms with E-state index in [-0.39, 0.29) is 25.5 Å². The molecule has 0 spiro atoms. The van der Waals surface area contributed by atoms with Crippen molar-refractivity contribution in [2.75, 3.05) is 25.6 Å². The number of aliphatic hydroxyl groups is 1. The van der Waals surface area contributed by atoms with Gasteiger partial charge in [0.25, 0.3) is 0 Å². The largest absolute Gasteiger partial charge is 0.465 e. The summed E-state index contributed by atoms with van der Waals surface area (Å²) in [4.78, 5) is 41.4. The van der Waals surface area contributed by atoms with E-state index in [2.05, 4.69) is 35.6 Å².